The first-order chi connectivity index (χ1) is 16.5. The summed E-state index contributed by atoms with van der Waals surface area (Å²) in [6.45, 7) is 1.82. The zero-order valence-corrected chi connectivity index (χ0v) is 18.6. The molecule has 0 amide bonds. The van der Waals surface area contributed by atoms with E-state index in [9.17, 15) is 14.9 Å². The number of nitro groups is 1. The average molecular weight is 451 g/mol. The predicted molar refractivity (Wildman–Crippen MR) is 133 cm³/mol. The van der Waals surface area contributed by atoms with Crippen molar-refractivity contribution >= 4 is 17.0 Å². The molecule has 168 valence electrons. The molecule has 5 aromatic rings. The summed E-state index contributed by atoms with van der Waals surface area (Å²) in [5.41, 5.74) is 5.52. The van der Waals surface area contributed by atoms with Gasteiger partial charge in [-0.3, -0.25) is 14.9 Å². The first kappa shape index (κ1) is 21.1. The Bertz CT molecular complexity index is 1590. The number of benzene rings is 3. The second-order valence-electron chi connectivity index (χ2n) is 7.89. The molecule has 8 nitrogen and oxygen atoms in total. The highest BCUT2D eigenvalue weighted by Gasteiger charge is 2.22. The van der Waals surface area contributed by atoms with Crippen molar-refractivity contribution in [1.82, 2.24) is 14.6 Å². The number of nitro benzene ring substituents is 1. The molecule has 2 N–H and O–H groups in total. The van der Waals surface area contributed by atoms with E-state index in [0.29, 0.717) is 33.8 Å². The Morgan fingerprint density at radius 3 is 2.18 bits per heavy atom. The van der Waals surface area contributed by atoms with Gasteiger partial charge in [0.1, 0.15) is 17.0 Å². The van der Waals surface area contributed by atoms with Gasteiger partial charge in [-0.2, -0.15) is 9.61 Å². The molecule has 2 aromatic heterocycles. The van der Waals surface area contributed by atoms with Gasteiger partial charge in [0, 0.05) is 24.4 Å². The topological polar surface area (TPSA) is 105 Å². The van der Waals surface area contributed by atoms with Gasteiger partial charge in [0.15, 0.2) is 0 Å². The molecule has 0 radical (unpaired) electrons. The van der Waals surface area contributed by atoms with Crippen molar-refractivity contribution in [3.63, 3.8) is 0 Å². The van der Waals surface area contributed by atoms with Crippen molar-refractivity contribution < 1.29 is 4.92 Å². The van der Waals surface area contributed by atoms with E-state index in [-0.39, 0.29) is 11.2 Å². The Balaban J connectivity index is 1.81. The van der Waals surface area contributed by atoms with Crippen LogP contribution in [0.4, 0.5) is 11.4 Å². The highest BCUT2D eigenvalue weighted by atomic mass is 16.6. The van der Waals surface area contributed by atoms with Crippen LogP contribution in [0.1, 0.15) is 5.69 Å². The minimum atomic E-state index is -0.457. The predicted octanol–water partition coefficient (Wildman–Crippen LogP) is 5.28. The van der Waals surface area contributed by atoms with Crippen LogP contribution in [0.15, 0.2) is 83.7 Å². The van der Waals surface area contributed by atoms with Gasteiger partial charge < -0.3 is 10.3 Å². The summed E-state index contributed by atoms with van der Waals surface area (Å²) in [7, 11) is 1.61. The van der Waals surface area contributed by atoms with Crippen LogP contribution in [0, 0.1) is 17.0 Å². The Labute approximate surface area is 194 Å². The van der Waals surface area contributed by atoms with Crippen molar-refractivity contribution in [2.24, 2.45) is 0 Å². The second-order valence-corrected chi connectivity index (χ2v) is 7.89. The summed E-state index contributed by atoms with van der Waals surface area (Å²) in [5.74, 6) is 0. The average Bonchev–Trinajstić information content (AvgIpc) is 3.24. The number of aromatic nitrogens is 3. The maximum atomic E-state index is 13.7. The first-order valence-electron chi connectivity index (χ1n) is 10.7. The zero-order chi connectivity index (χ0) is 23.8. The molecule has 0 bridgehead atoms. The Kier molecular flexibility index (Phi) is 5.18. The quantitative estimate of drug-likeness (QED) is 0.279. The van der Waals surface area contributed by atoms with Crippen LogP contribution in [0.5, 0.6) is 0 Å². The molecule has 0 atom stereocenters. The van der Waals surface area contributed by atoms with Crippen LogP contribution in [-0.2, 0) is 0 Å². The van der Waals surface area contributed by atoms with E-state index in [1.807, 2.05) is 67.6 Å². The third-order valence-electron chi connectivity index (χ3n) is 5.83. The number of hydrogen-bond acceptors (Lipinski definition) is 5. The molecule has 2 heterocycles. The van der Waals surface area contributed by atoms with Gasteiger partial charge in [-0.25, -0.2) is 0 Å². The fourth-order valence-electron chi connectivity index (χ4n) is 4.25. The van der Waals surface area contributed by atoms with Gasteiger partial charge in [0.2, 0.25) is 0 Å². The van der Waals surface area contributed by atoms with Crippen LogP contribution in [-0.4, -0.2) is 26.6 Å². The van der Waals surface area contributed by atoms with Gasteiger partial charge in [-0.15, -0.1) is 0 Å². The minimum Gasteiger partial charge on any atom is -0.383 e. The van der Waals surface area contributed by atoms with E-state index >= 15 is 0 Å². The second kappa shape index (κ2) is 8.32. The SMILES string of the molecule is CNc1cc(-c2c(C)[nH]c3c(-c4ccccc4)c(-c4ccccc4)nn3c2=O)ccc1[N+](=O)[O-]. The molecule has 8 heteroatoms. The molecule has 0 spiro atoms. The lowest BCUT2D eigenvalue weighted by atomic mass is 10.0. The van der Waals surface area contributed by atoms with E-state index in [1.165, 1.54) is 10.6 Å². The molecule has 0 unspecified atom stereocenters. The van der Waals surface area contributed by atoms with Crippen molar-refractivity contribution in [1.29, 1.82) is 0 Å². The summed E-state index contributed by atoms with van der Waals surface area (Å²) in [6.07, 6.45) is 0. The first-order valence-corrected chi connectivity index (χ1v) is 10.7. The van der Waals surface area contributed by atoms with E-state index in [4.69, 9.17) is 5.10 Å². The molecule has 3 aromatic carbocycles. The number of H-pyrrole nitrogens is 1. The van der Waals surface area contributed by atoms with Gasteiger partial charge in [-0.1, -0.05) is 60.7 Å². The lowest BCUT2D eigenvalue weighted by Gasteiger charge is -2.10. The number of anilines is 1. The fraction of sp³-hybridized carbons (Fsp3) is 0.0769. The number of nitrogens with zero attached hydrogens (tertiary/aromatic N) is 3. The zero-order valence-electron chi connectivity index (χ0n) is 18.6. The van der Waals surface area contributed by atoms with Gasteiger partial charge in [0.05, 0.1) is 16.1 Å². The minimum absolute atomic E-state index is 0.0572. The molecule has 0 aliphatic carbocycles. The molecule has 0 saturated heterocycles. The largest absolute Gasteiger partial charge is 0.383 e. The molecule has 0 saturated carbocycles. The number of fused-ring (bicyclic) bond motifs is 1. The Hall–Kier alpha value is -4.72. The molecule has 0 aliphatic rings. The molecular formula is C26H21N5O3. The number of nitrogens with one attached hydrogen (secondary N) is 2. The van der Waals surface area contributed by atoms with Crippen LogP contribution in [0.3, 0.4) is 0 Å². The third kappa shape index (κ3) is 3.41. The van der Waals surface area contributed by atoms with Crippen molar-refractivity contribution in [3.8, 4) is 33.5 Å². The highest BCUT2D eigenvalue weighted by molar-refractivity contribution is 5.91. The summed E-state index contributed by atoms with van der Waals surface area (Å²) >= 11 is 0. The van der Waals surface area contributed by atoms with Gasteiger partial charge in [-0.05, 0) is 30.2 Å². The number of hydrogen-bond donors (Lipinski definition) is 2. The van der Waals surface area contributed by atoms with Crippen molar-refractivity contribution in [2.75, 3.05) is 12.4 Å². The molecule has 0 fully saturated rings. The lowest BCUT2D eigenvalue weighted by molar-refractivity contribution is -0.383. The smallest absolute Gasteiger partial charge is 0.292 e. The summed E-state index contributed by atoms with van der Waals surface area (Å²) < 4.78 is 1.38. The summed E-state index contributed by atoms with van der Waals surface area (Å²) in [5, 5.41) is 18.9. The van der Waals surface area contributed by atoms with Crippen molar-refractivity contribution in [3.05, 3.63) is 105 Å². The summed E-state index contributed by atoms with van der Waals surface area (Å²) in [4.78, 5) is 28.0. The van der Waals surface area contributed by atoms with Gasteiger partial charge in [0.25, 0.3) is 11.2 Å². The van der Waals surface area contributed by atoms with Crippen LogP contribution >= 0.6 is 0 Å². The van der Waals surface area contributed by atoms with Crippen LogP contribution in [0.25, 0.3) is 39.2 Å². The Morgan fingerprint density at radius 1 is 0.912 bits per heavy atom. The van der Waals surface area contributed by atoms with E-state index in [1.54, 1.807) is 19.2 Å². The molecule has 5 rings (SSSR count). The monoisotopic (exact) mass is 451 g/mol. The Morgan fingerprint density at radius 2 is 1.56 bits per heavy atom. The normalized spacial score (nSPS) is 11.0. The maximum Gasteiger partial charge on any atom is 0.292 e. The summed E-state index contributed by atoms with van der Waals surface area (Å²) in [6, 6.07) is 24.1. The van der Waals surface area contributed by atoms with Gasteiger partial charge >= 0.3 is 0 Å². The number of rotatable bonds is 5. The highest BCUT2D eigenvalue weighted by Crippen LogP contribution is 2.35. The third-order valence-corrected chi connectivity index (χ3v) is 5.83. The molecule has 0 aliphatic heterocycles. The number of aromatic amines is 1. The van der Waals surface area contributed by atoms with Crippen molar-refractivity contribution in [2.45, 2.75) is 6.92 Å². The molecule has 34 heavy (non-hydrogen) atoms. The molecular weight excluding hydrogens is 430 g/mol. The van der Waals surface area contributed by atoms with Crippen LogP contribution in [0.2, 0.25) is 0 Å². The standard InChI is InChI=1S/C26H21N5O3/c1-16-22(19-13-14-21(31(33)34)20(15-19)27-2)26(32)30-25(28-16)23(17-9-5-3-6-10-17)24(29-30)18-11-7-4-8-12-18/h3-15,27-28H,1-2H3. The lowest BCUT2D eigenvalue weighted by Crippen LogP contribution is -2.19. The fourth-order valence-corrected chi connectivity index (χ4v) is 4.25. The van der Waals surface area contributed by atoms with E-state index < -0.39 is 4.92 Å². The van der Waals surface area contributed by atoms with Crippen LogP contribution < -0.4 is 10.9 Å². The number of aryl methyl sites for hydroxylation is 1. The van der Waals surface area contributed by atoms with E-state index in [0.717, 1.165) is 16.7 Å². The van der Waals surface area contributed by atoms with E-state index in [2.05, 4.69) is 10.3 Å². The maximum absolute atomic E-state index is 13.7.